The molecule has 0 unspecified atom stereocenters. The molecule has 3 nitrogen and oxygen atoms in total. The summed E-state index contributed by atoms with van der Waals surface area (Å²) in [6.07, 6.45) is 6.02. The molecule has 3 rings (SSSR count). The fraction of sp³-hybridized carbons (Fsp3) is 0.250. The van der Waals surface area contributed by atoms with E-state index < -0.39 is 0 Å². The van der Waals surface area contributed by atoms with E-state index in [1.807, 2.05) is 48.2 Å². The number of amides is 1. The molecule has 0 bridgehead atoms. The van der Waals surface area contributed by atoms with Gasteiger partial charge in [-0.2, -0.15) is 0 Å². The molecule has 0 N–H and O–H groups in total. The molecule has 1 aliphatic rings. The third kappa shape index (κ3) is 4.80. The third-order valence-electron chi connectivity index (χ3n) is 4.72. The number of hydrogen-bond donors (Lipinski definition) is 0. The standard InChI is InChI=1S/C24H26N2OS2/c1-4-11-20(29-22-15-10-9-12-18(22)3)16-17-21-23(27)26(24(28)25(21)5-2)19-13-7-6-8-14-19/h6-10,12-17H,4-5,11H2,1-3H3/b20-16+,21-17-. The number of anilines is 1. The van der Waals surface area contributed by atoms with E-state index in [9.17, 15) is 4.79 Å². The Balaban J connectivity index is 1.92. The summed E-state index contributed by atoms with van der Waals surface area (Å²) in [7, 11) is 0. The monoisotopic (exact) mass is 422 g/mol. The summed E-state index contributed by atoms with van der Waals surface area (Å²) in [6.45, 7) is 6.97. The summed E-state index contributed by atoms with van der Waals surface area (Å²) in [4.78, 5) is 19.2. The van der Waals surface area contributed by atoms with Crippen LogP contribution in [0.2, 0.25) is 0 Å². The Hall–Kier alpha value is -2.37. The van der Waals surface area contributed by atoms with Crippen molar-refractivity contribution >= 4 is 40.7 Å². The second kappa shape index (κ2) is 9.90. The van der Waals surface area contributed by atoms with Crippen LogP contribution >= 0.6 is 24.0 Å². The van der Waals surface area contributed by atoms with Crippen LogP contribution in [0.3, 0.4) is 0 Å². The van der Waals surface area contributed by atoms with E-state index in [-0.39, 0.29) is 5.91 Å². The van der Waals surface area contributed by atoms with Gasteiger partial charge in [-0.3, -0.25) is 9.69 Å². The normalized spacial score (nSPS) is 16.2. The molecule has 1 amide bonds. The number of allylic oxidation sites excluding steroid dienone is 3. The van der Waals surface area contributed by atoms with E-state index >= 15 is 0 Å². The van der Waals surface area contributed by atoms with Crippen molar-refractivity contribution in [2.45, 2.75) is 38.5 Å². The maximum atomic E-state index is 13.2. The second-order valence-corrected chi connectivity index (χ2v) is 8.34. The van der Waals surface area contributed by atoms with Gasteiger partial charge >= 0.3 is 0 Å². The summed E-state index contributed by atoms with van der Waals surface area (Å²) in [5.41, 5.74) is 2.69. The van der Waals surface area contributed by atoms with E-state index in [1.165, 1.54) is 15.4 Å². The molecule has 2 aromatic carbocycles. The number of thiocarbonyl (C=S) groups is 1. The Morgan fingerprint density at radius 1 is 1.07 bits per heavy atom. The molecule has 1 aliphatic heterocycles. The molecule has 2 aromatic rings. The molecular weight excluding hydrogens is 396 g/mol. The van der Waals surface area contributed by atoms with Crippen molar-refractivity contribution in [2.75, 3.05) is 11.4 Å². The molecule has 0 spiro atoms. The third-order valence-corrected chi connectivity index (χ3v) is 6.41. The molecule has 29 heavy (non-hydrogen) atoms. The van der Waals surface area contributed by atoms with E-state index in [0.717, 1.165) is 18.5 Å². The summed E-state index contributed by atoms with van der Waals surface area (Å²) in [5, 5.41) is 0.534. The number of aryl methyl sites for hydroxylation is 1. The average molecular weight is 423 g/mol. The van der Waals surface area contributed by atoms with E-state index in [2.05, 4.69) is 44.2 Å². The van der Waals surface area contributed by atoms with Crippen LogP contribution in [0.15, 0.2) is 82.2 Å². The van der Waals surface area contributed by atoms with Crippen LogP contribution in [0, 0.1) is 6.92 Å². The predicted octanol–water partition coefficient (Wildman–Crippen LogP) is 6.31. The Morgan fingerprint density at radius 3 is 2.41 bits per heavy atom. The molecule has 0 atom stereocenters. The number of thioether (sulfide) groups is 1. The van der Waals surface area contributed by atoms with Gasteiger partial charge < -0.3 is 4.90 Å². The van der Waals surface area contributed by atoms with Crippen molar-refractivity contribution in [3.8, 4) is 0 Å². The highest BCUT2D eigenvalue weighted by Gasteiger charge is 2.37. The lowest BCUT2D eigenvalue weighted by atomic mass is 10.2. The van der Waals surface area contributed by atoms with Gasteiger partial charge in [-0.05, 0) is 67.2 Å². The number of carbonyl (C=O) groups is 1. The first kappa shape index (κ1) is 21.3. The molecule has 1 saturated heterocycles. The largest absolute Gasteiger partial charge is 0.314 e. The number of nitrogens with zero attached hydrogens (tertiary/aromatic N) is 2. The van der Waals surface area contributed by atoms with Gasteiger partial charge in [0.1, 0.15) is 5.70 Å². The minimum Gasteiger partial charge on any atom is -0.314 e. The van der Waals surface area contributed by atoms with Gasteiger partial charge in [-0.25, -0.2) is 0 Å². The van der Waals surface area contributed by atoms with Crippen molar-refractivity contribution in [1.29, 1.82) is 0 Å². The molecule has 1 heterocycles. The number of para-hydroxylation sites is 1. The Morgan fingerprint density at radius 2 is 1.76 bits per heavy atom. The highest BCUT2D eigenvalue weighted by molar-refractivity contribution is 8.03. The molecule has 1 fully saturated rings. The van der Waals surface area contributed by atoms with E-state index in [1.54, 1.807) is 16.7 Å². The van der Waals surface area contributed by atoms with Gasteiger partial charge in [0.25, 0.3) is 5.91 Å². The number of likely N-dealkylation sites (N-methyl/N-ethyl adjacent to an activating group) is 1. The summed E-state index contributed by atoms with van der Waals surface area (Å²) >= 11 is 7.39. The molecule has 0 aliphatic carbocycles. The van der Waals surface area contributed by atoms with E-state index in [0.29, 0.717) is 17.4 Å². The first-order valence-corrected chi connectivity index (χ1v) is 11.1. The molecule has 150 valence electrons. The number of benzene rings is 2. The smallest absolute Gasteiger partial charge is 0.281 e. The zero-order chi connectivity index (χ0) is 20.8. The molecular formula is C24H26N2OS2. The average Bonchev–Trinajstić information content (AvgIpc) is 2.97. The van der Waals surface area contributed by atoms with Crippen molar-refractivity contribution < 1.29 is 4.79 Å². The fourth-order valence-electron chi connectivity index (χ4n) is 3.21. The van der Waals surface area contributed by atoms with Crippen LogP contribution in [-0.4, -0.2) is 22.5 Å². The van der Waals surface area contributed by atoms with Crippen LogP contribution in [0.1, 0.15) is 32.3 Å². The van der Waals surface area contributed by atoms with Crippen LogP contribution in [0.25, 0.3) is 0 Å². The van der Waals surface area contributed by atoms with Gasteiger partial charge in [-0.1, -0.05) is 67.6 Å². The highest BCUT2D eigenvalue weighted by Crippen LogP contribution is 2.33. The number of rotatable bonds is 7. The lowest BCUT2D eigenvalue weighted by Gasteiger charge is -2.18. The number of carbonyl (C=O) groups excluding carboxylic acids is 1. The van der Waals surface area contributed by atoms with Crippen molar-refractivity contribution in [3.05, 3.63) is 82.9 Å². The molecule has 5 heteroatoms. The topological polar surface area (TPSA) is 23.6 Å². The second-order valence-electron chi connectivity index (χ2n) is 6.81. The first-order chi connectivity index (χ1) is 14.1. The Kier molecular flexibility index (Phi) is 7.29. The quantitative estimate of drug-likeness (QED) is 0.296. The number of hydrogen-bond acceptors (Lipinski definition) is 3. The minimum absolute atomic E-state index is 0.0731. The molecule has 0 radical (unpaired) electrons. The molecule has 0 aromatic heterocycles. The Bertz CT molecular complexity index is 950. The molecule has 0 saturated carbocycles. The van der Waals surface area contributed by atoms with Crippen molar-refractivity contribution in [2.24, 2.45) is 0 Å². The van der Waals surface area contributed by atoms with Crippen LogP contribution in [0.4, 0.5) is 5.69 Å². The highest BCUT2D eigenvalue weighted by atomic mass is 32.2. The summed E-state index contributed by atoms with van der Waals surface area (Å²) in [6, 6.07) is 18.0. The van der Waals surface area contributed by atoms with Gasteiger partial charge in [0.15, 0.2) is 5.11 Å². The lowest BCUT2D eigenvalue weighted by molar-refractivity contribution is -0.114. The van der Waals surface area contributed by atoms with Gasteiger partial charge in [0.2, 0.25) is 0 Å². The Labute approximate surface area is 183 Å². The van der Waals surface area contributed by atoms with Gasteiger partial charge in [-0.15, -0.1) is 0 Å². The van der Waals surface area contributed by atoms with Crippen molar-refractivity contribution in [1.82, 2.24) is 4.90 Å². The van der Waals surface area contributed by atoms with Gasteiger partial charge in [0, 0.05) is 11.4 Å². The maximum Gasteiger partial charge on any atom is 0.281 e. The van der Waals surface area contributed by atoms with Crippen LogP contribution in [0.5, 0.6) is 0 Å². The predicted molar refractivity (Wildman–Crippen MR) is 127 cm³/mol. The van der Waals surface area contributed by atoms with Crippen LogP contribution < -0.4 is 4.90 Å². The fourth-order valence-corrected chi connectivity index (χ4v) is 4.73. The summed E-state index contributed by atoms with van der Waals surface area (Å²) < 4.78 is 0. The summed E-state index contributed by atoms with van der Waals surface area (Å²) in [5.74, 6) is -0.0731. The zero-order valence-electron chi connectivity index (χ0n) is 17.1. The van der Waals surface area contributed by atoms with Crippen molar-refractivity contribution in [3.63, 3.8) is 0 Å². The first-order valence-electron chi connectivity index (χ1n) is 9.92. The zero-order valence-corrected chi connectivity index (χ0v) is 18.7. The lowest BCUT2D eigenvalue weighted by Crippen LogP contribution is -2.32. The SMILES string of the molecule is CCC/C(=C\C=C1\C(=O)N(c2ccccc2)C(=S)N1CC)Sc1ccccc1C. The minimum atomic E-state index is -0.0731. The van der Waals surface area contributed by atoms with E-state index in [4.69, 9.17) is 12.2 Å². The van der Waals surface area contributed by atoms with Crippen LogP contribution in [-0.2, 0) is 4.79 Å². The van der Waals surface area contributed by atoms with Gasteiger partial charge in [0.05, 0.1) is 5.69 Å². The maximum absolute atomic E-state index is 13.2.